The monoisotopic (exact) mass is 369 g/mol. The van der Waals surface area contributed by atoms with Gasteiger partial charge in [-0.3, -0.25) is 9.56 Å². The van der Waals surface area contributed by atoms with Crippen LogP contribution in [0.5, 0.6) is 0 Å². The fraction of sp³-hybridized carbons (Fsp3) is 0.550. The summed E-state index contributed by atoms with van der Waals surface area (Å²) >= 11 is 0. The maximum Gasteiger partial charge on any atom is 0.191 e. The Morgan fingerprint density at radius 1 is 1.22 bits per heavy atom. The van der Waals surface area contributed by atoms with Crippen molar-refractivity contribution in [3.05, 3.63) is 42.5 Å². The maximum absolute atomic E-state index is 4.31. The van der Waals surface area contributed by atoms with Gasteiger partial charge < -0.3 is 15.5 Å². The molecule has 7 nitrogen and oxygen atoms in total. The van der Waals surface area contributed by atoms with E-state index in [0.717, 1.165) is 43.0 Å². The van der Waals surface area contributed by atoms with Crippen LogP contribution in [0.4, 0.5) is 0 Å². The van der Waals surface area contributed by atoms with Gasteiger partial charge in [0, 0.05) is 31.9 Å². The summed E-state index contributed by atoms with van der Waals surface area (Å²) in [5.74, 6) is 1.65. The van der Waals surface area contributed by atoms with Gasteiger partial charge in [0.2, 0.25) is 0 Å². The molecule has 3 rings (SSSR count). The average molecular weight is 370 g/mol. The molecule has 2 heterocycles. The fourth-order valence-electron chi connectivity index (χ4n) is 3.55. The summed E-state index contributed by atoms with van der Waals surface area (Å²) in [7, 11) is 1.80. The van der Waals surface area contributed by atoms with Crippen LogP contribution >= 0.6 is 0 Å². The molecule has 0 aliphatic carbocycles. The molecule has 1 aliphatic heterocycles. The second-order valence-electron chi connectivity index (χ2n) is 7.04. The lowest BCUT2D eigenvalue weighted by Gasteiger charge is -2.33. The summed E-state index contributed by atoms with van der Waals surface area (Å²) in [6, 6.07) is 10.8. The van der Waals surface area contributed by atoms with Crippen molar-refractivity contribution in [3.63, 3.8) is 0 Å². The van der Waals surface area contributed by atoms with Crippen molar-refractivity contribution in [2.45, 2.75) is 45.2 Å². The van der Waals surface area contributed by atoms with Gasteiger partial charge in [-0.1, -0.05) is 24.6 Å². The first-order valence-corrected chi connectivity index (χ1v) is 9.91. The van der Waals surface area contributed by atoms with Crippen molar-refractivity contribution in [1.29, 1.82) is 0 Å². The van der Waals surface area contributed by atoms with E-state index in [4.69, 9.17) is 0 Å². The van der Waals surface area contributed by atoms with Crippen LogP contribution in [-0.2, 0) is 6.54 Å². The lowest BCUT2D eigenvalue weighted by atomic mass is 10.0. The number of guanidine groups is 1. The molecule has 27 heavy (non-hydrogen) atoms. The number of hydrogen-bond donors (Lipinski definition) is 2. The summed E-state index contributed by atoms with van der Waals surface area (Å²) in [6.07, 6.45) is 6.90. The molecule has 146 valence electrons. The standard InChI is InChI=1S/C20H31N7/c1-17-9-6-7-13-26(17)14-8-12-22-20(21-2)23-15-19-25-24-16-27(19)18-10-4-3-5-11-18/h3-5,10-11,16-17H,6-9,12-15H2,1-2H3,(H2,21,22,23). The first kappa shape index (κ1) is 19.4. The Labute approximate surface area is 161 Å². The topological polar surface area (TPSA) is 70.4 Å². The van der Waals surface area contributed by atoms with Crippen molar-refractivity contribution in [1.82, 2.24) is 30.3 Å². The van der Waals surface area contributed by atoms with Gasteiger partial charge in [0.1, 0.15) is 6.33 Å². The lowest BCUT2D eigenvalue weighted by Crippen LogP contribution is -2.41. The Kier molecular flexibility index (Phi) is 7.21. The minimum atomic E-state index is 0.567. The predicted molar refractivity (Wildman–Crippen MR) is 109 cm³/mol. The molecule has 0 saturated carbocycles. The number of rotatable bonds is 7. The van der Waals surface area contributed by atoms with E-state index in [1.807, 2.05) is 34.9 Å². The Bertz CT molecular complexity index is 710. The van der Waals surface area contributed by atoms with E-state index in [0.29, 0.717) is 6.54 Å². The number of hydrogen-bond acceptors (Lipinski definition) is 4. The lowest BCUT2D eigenvalue weighted by molar-refractivity contribution is 0.159. The third-order valence-corrected chi connectivity index (χ3v) is 5.15. The molecule has 0 radical (unpaired) electrons. The van der Waals surface area contributed by atoms with Crippen LogP contribution in [-0.4, -0.2) is 58.3 Å². The van der Waals surface area contributed by atoms with Gasteiger partial charge in [0.15, 0.2) is 11.8 Å². The zero-order chi connectivity index (χ0) is 18.9. The largest absolute Gasteiger partial charge is 0.356 e. The van der Waals surface area contributed by atoms with Crippen molar-refractivity contribution in [2.24, 2.45) is 4.99 Å². The molecular weight excluding hydrogens is 338 g/mol. The molecule has 1 aromatic carbocycles. The van der Waals surface area contributed by atoms with Gasteiger partial charge in [-0.05, 0) is 44.9 Å². The second kappa shape index (κ2) is 10.1. The number of para-hydroxylation sites is 1. The van der Waals surface area contributed by atoms with E-state index in [1.165, 1.54) is 25.8 Å². The second-order valence-corrected chi connectivity index (χ2v) is 7.04. The van der Waals surface area contributed by atoms with Gasteiger partial charge in [-0.25, -0.2) is 0 Å². The third-order valence-electron chi connectivity index (χ3n) is 5.15. The number of nitrogens with zero attached hydrogens (tertiary/aromatic N) is 5. The Morgan fingerprint density at radius 2 is 2.07 bits per heavy atom. The Balaban J connectivity index is 1.43. The zero-order valence-corrected chi connectivity index (χ0v) is 16.4. The van der Waals surface area contributed by atoms with Crippen LogP contribution in [0.15, 0.2) is 41.7 Å². The number of piperidine rings is 1. The summed E-state index contributed by atoms with van der Waals surface area (Å²) in [5, 5.41) is 15.0. The molecule has 2 N–H and O–H groups in total. The molecule has 0 bridgehead atoms. The first-order valence-electron chi connectivity index (χ1n) is 9.91. The smallest absolute Gasteiger partial charge is 0.191 e. The highest BCUT2D eigenvalue weighted by Crippen LogP contribution is 2.16. The van der Waals surface area contributed by atoms with Crippen LogP contribution in [0, 0.1) is 0 Å². The molecule has 1 fully saturated rings. The number of nitrogens with one attached hydrogen (secondary N) is 2. The SMILES string of the molecule is CN=C(NCCCN1CCCCC1C)NCc1nncn1-c1ccccc1. The number of likely N-dealkylation sites (tertiary alicyclic amines) is 1. The van der Waals surface area contributed by atoms with Gasteiger partial charge in [-0.2, -0.15) is 0 Å². The molecule has 1 saturated heterocycles. The minimum Gasteiger partial charge on any atom is -0.356 e. The van der Waals surface area contributed by atoms with Crippen LogP contribution in [0.2, 0.25) is 0 Å². The van der Waals surface area contributed by atoms with Gasteiger partial charge in [0.05, 0.1) is 6.54 Å². The third kappa shape index (κ3) is 5.53. The molecule has 7 heteroatoms. The summed E-state index contributed by atoms with van der Waals surface area (Å²) < 4.78 is 1.98. The molecule has 1 aromatic heterocycles. The van der Waals surface area contributed by atoms with Crippen LogP contribution < -0.4 is 10.6 Å². The highest BCUT2D eigenvalue weighted by molar-refractivity contribution is 5.79. The number of aliphatic imine (C=N–C) groups is 1. The van der Waals surface area contributed by atoms with Crippen LogP contribution in [0.3, 0.4) is 0 Å². The van der Waals surface area contributed by atoms with Crippen molar-refractivity contribution >= 4 is 5.96 Å². The zero-order valence-electron chi connectivity index (χ0n) is 16.4. The van der Waals surface area contributed by atoms with E-state index < -0.39 is 0 Å². The molecule has 1 unspecified atom stereocenters. The summed E-state index contributed by atoms with van der Waals surface area (Å²) in [5.41, 5.74) is 1.05. The molecule has 1 aliphatic rings. The molecular formula is C20H31N7. The maximum atomic E-state index is 4.31. The summed E-state index contributed by atoms with van der Waals surface area (Å²) in [4.78, 5) is 6.91. The fourth-order valence-corrected chi connectivity index (χ4v) is 3.55. The predicted octanol–water partition coefficient (Wildman–Crippen LogP) is 2.20. The number of aromatic nitrogens is 3. The van der Waals surface area contributed by atoms with Crippen LogP contribution in [0.25, 0.3) is 5.69 Å². The Hall–Kier alpha value is -2.41. The van der Waals surface area contributed by atoms with E-state index in [1.54, 1.807) is 13.4 Å². The molecule has 0 amide bonds. The van der Waals surface area contributed by atoms with Gasteiger partial charge in [0.25, 0.3) is 0 Å². The summed E-state index contributed by atoms with van der Waals surface area (Å²) in [6.45, 7) is 6.21. The Morgan fingerprint density at radius 3 is 2.85 bits per heavy atom. The van der Waals surface area contributed by atoms with Crippen molar-refractivity contribution < 1.29 is 0 Å². The molecule has 0 spiro atoms. The molecule has 2 aromatic rings. The van der Waals surface area contributed by atoms with E-state index in [9.17, 15) is 0 Å². The number of benzene rings is 1. The average Bonchev–Trinajstić information content (AvgIpc) is 3.18. The van der Waals surface area contributed by atoms with E-state index >= 15 is 0 Å². The van der Waals surface area contributed by atoms with Crippen LogP contribution in [0.1, 0.15) is 38.4 Å². The highest BCUT2D eigenvalue weighted by atomic mass is 15.3. The minimum absolute atomic E-state index is 0.567. The van der Waals surface area contributed by atoms with E-state index in [-0.39, 0.29) is 0 Å². The highest BCUT2D eigenvalue weighted by Gasteiger charge is 2.17. The van der Waals surface area contributed by atoms with Crippen molar-refractivity contribution in [2.75, 3.05) is 26.7 Å². The molecule has 1 atom stereocenters. The van der Waals surface area contributed by atoms with E-state index in [2.05, 4.69) is 37.6 Å². The normalized spacial score (nSPS) is 18.4. The van der Waals surface area contributed by atoms with Gasteiger partial charge in [-0.15, -0.1) is 10.2 Å². The van der Waals surface area contributed by atoms with Gasteiger partial charge >= 0.3 is 0 Å². The first-order chi connectivity index (χ1) is 13.3. The quantitative estimate of drug-likeness (QED) is 0.445. The van der Waals surface area contributed by atoms with Crippen molar-refractivity contribution in [3.8, 4) is 5.69 Å².